The molecule has 6 heteroatoms. The maximum atomic E-state index is 11.1. The minimum absolute atomic E-state index is 0. The number of nitrogens with zero attached hydrogens (tertiary/aromatic N) is 1. The lowest BCUT2D eigenvalue weighted by molar-refractivity contribution is -0.143. The number of rotatable bonds is 8. The molecular formula is C26H29Cl2NO3. The molecule has 0 amide bonds. The van der Waals surface area contributed by atoms with Crippen LogP contribution in [0.2, 0.25) is 5.02 Å². The topological polar surface area (TPSA) is 49.8 Å². The summed E-state index contributed by atoms with van der Waals surface area (Å²) in [5.41, 5.74) is 2.53. The van der Waals surface area contributed by atoms with E-state index in [1.165, 1.54) is 21.9 Å². The fourth-order valence-electron chi connectivity index (χ4n) is 4.18. The van der Waals surface area contributed by atoms with Crippen molar-refractivity contribution in [2.45, 2.75) is 32.2 Å². The van der Waals surface area contributed by atoms with E-state index < -0.39 is 5.97 Å². The van der Waals surface area contributed by atoms with Crippen LogP contribution >= 0.6 is 24.0 Å². The average Bonchev–Trinajstić information content (AvgIpc) is 2.78. The average molecular weight is 474 g/mol. The molecule has 0 radical (unpaired) electrons. The van der Waals surface area contributed by atoms with Crippen molar-refractivity contribution < 1.29 is 14.6 Å². The van der Waals surface area contributed by atoms with Gasteiger partial charge in [0.15, 0.2) is 0 Å². The molecule has 0 bridgehead atoms. The number of ether oxygens (including phenoxy) is 1. The van der Waals surface area contributed by atoms with Crippen LogP contribution in [0.25, 0.3) is 10.8 Å². The molecule has 1 aliphatic heterocycles. The number of piperidine rings is 1. The van der Waals surface area contributed by atoms with Gasteiger partial charge in [-0.3, -0.25) is 9.69 Å². The Morgan fingerprint density at radius 1 is 0.969 bits per heavy atom. The van der Waals surface area contributed by atoms with Crippen molar-refractivity contribution in [2.75, 3.05) is 19.7 Å². The third kappa shape index (κ3) is 6.61. The number of aliphatic carboxylic acids is 1. The molecule has 0 aromatic heterocycles. The molecule has 0 saturated carbocycles. The molecular weight excluding hydrogens is 445 g/mol. The van der Waals surface area contributed by atoms with Gasteiger partial charge in [0, 0.05) is 11.6 Å². The number of carboxylic acid groups (broad SMARTS) is 1. The zero-order valence-electron chi connectivity index (χ0n) is 18.0. The van der Waals surface area contributed by atoms with Crippen LogP contribution < -0.4 is 4.74 Å². The minimum atomic E-state index is -0.659. The van der Waals surface area contributed by atoms with E-state index in [0.29, 0.717) is 6.61 Å². The Balaban J connectivity index is 0.00000289. The van der Waals surface area contributed by atoms with Crippen molar-refractivity contribution in [3.05, 3.63) is 76.8 Å². The SMILES string of the molecule is Cl.O=C(O)C1CCN(Cc2ccc3cc(OCCCc4ccc(Cl)cc4)ccc3c2)CC1. The first-order valence-electron chi connectivity index (χ1n) is 10.9. The highest BCUT2D eigenvalue weighted by molar-refractivity contribution is 6.30. The Hall–Kier alpha value is -2.27. The Morgan fingerprint density at radius 2 is 1.62 bits per heavy atom. The highest BCUT2D eigenvalue weighted by atomic mass is 35.5. The summed E-state index contributed by atoms with van der Waals surface area (Å²) in [6.07, 6.45) is 3.40. The molecule has 1 saturated heterocycles. The van der Waals surface area contributed by atoms with Crippen LogP contribution in [0.3, 0.4) is 0 Å². The summed E-state index contributed by atoms with van der Waals surface area (Å²) in [5.74, 6) is 0.0536. The van der Waals surface area contributed by atoms with Gasteiger partial charge >= 0.3 is 5.97 Å². The smallest absolute Gasteiger partial charge is 0.306 e. The molecule has 32 heavy (non-hydrogen) atoms. The molecule has 4 rings (SSSR count). The molecule has 170 valence electrons. The molecule has 0 unspecified atom stereocenters. The predicted molar refractivity (Wildman–Crippen MR) is 132 cm³/mol. The van der Waals surface area contributed by atoms with Crippen molar-refractivity contribution in [1.29, 1.82) is 0 Å². The number of carboxylic acids is 1. The summed E-state index contributed by atoms with van der Waals surface area (Å²) in [7, 11) is 0. The zero-order valence-corrected chi connectivity index (χ0v) is 19.6. The first-order valence-corrected chi connectivity index (χ1v) is 11.3. The van der Waals surface area contributed by atoms with E-state index in [1.807, 2.05) is 18.2 Å². The van der Waals surface area contributed by atoms with Gasteiger partial charge in [-0.25, -0.2) is 0 Å². The summed E-state index contributed by atoms with van der Waals surface area (Å²) in [6.45, 7) is 3.24. The number of fused-ring (bicyclic) bond motifs is 1. The van der Waals surface area contributed by atoms with E-state index in [-0.39, 0.29) is 18.3 Å². The normalized spacial score (nSPS) is 14.8. The summed E-state index contributed by atoms with van der Waals surface area (Å²) >= 11 is 5.93. The number of aryl methyl sites for hydroxylation is 1. The Labute approximate surface area is 200 Å². The van der Waals surface area contributed by atoms with Gasteiger partial charge in [0.05, 0.1) is 12.5 Å². The summed E-state index contributed by atoms with van der Waals surface area (Å²) < 4.78 is 5.96. The number of carbonyl (C=O) groups is 1. The summed E-state index contributed by atoms with van der Waals surface area (Å²) in [5, 5.41) is 12.3. The lowest BCUT2D eigenvalue weighted by Gasteiger charge is -2.30. The van der Waals surface area contributed by atoms with E-state index in [2.05, 4.69) is 47.4 Å². The second kappa shape index (κ2) is 11.6. The fraction of sp³-hybridized carbons (Fsp3) is 0.346. The van der Waals surface area contributed by atoms with E-state index in [0.717, 1.165) is 56.1 Å². The van der Waals surface area contributed by atoms with Gasteiger partial charge in [-0.2, -0.15) is 0 Å². The van der Waals surface area contributed by atoms with Crippen LogP contribution in [0.5, 0.6) is 5.75 Å². The van der Waals surface area contributed by atoms with Crippen molar-refractivity contribution in [1.82, 2.24) is 4.90 Å². The molecule has 3 aromatic carbocycles. The third-order valence-electron chi connectivity index (χ3n) is 6.01. The van der Waals surface area contributed by atoms with Crippen molar-refractivity contribution >= 4 is 40.7 Å². The van der Waals surface area contributed by atoms with Crippen molar-refractivity contribution in [3.63, 3.8) is 0 Å². The van der Waals surface area contributed by atoms with E-state index in [1.54, 1.807) is 0 Å². The van der Waals surface area contributed by atoms with E-state index in [4.69, 9.17) is 21.4 Å². The minimum Gasteiger partial charge on any atom is -0.494 e. The lowest BCUT2D eigenvalue weighted by Crippen LogP contribution is -2.35. The molecule has 4 nitrogen and oxygen atoms in total. The van der Waals surface area contributed by atoms with Crippen molar-refractivity contribution in [2.24, 2.45) is 5.92 Å². The van der Waals surface area contributed by atoms with Crippen LogP contribution in [0.4, 0.5) is 0 Å². The van der Waals surface area contributed by atoms with Gasteiger partial charge in [0.2, 0.25) is 0 Å². The van der Waals surface area contributed by atoms with Gasteiger partial charge in [0.25, 0.3) is 0 Å². The number of likely N-dealkylation sites (tertiary alicyclic amines) is 1. The van der Waals surface area contributed by atoms with Gasteiger partial charge in [0.1, 0.15) is 5.75 Å². The lowest BCUT2D eigenvalue weighted by atomic mass is 9.96. The molecule has 1 N–H and O–H groups in total. The Bertz CT molecular complexity index is 1030. The second-order valence-corrected chi connectivity index (χ2v) is 8.75. The molecule has 1 fully saturated rings. The second-order valence-electron chi connectivity index (χ2n) is 8.31. The molecule has 0 atom stereocenters. The maximum Gasteiger partial charge on any atom is 0.306 e. The molecule has 1 heterocycles. The number of benzene rings is 3. The van der Waals surface area contributed by atoms with Crippen LogP contribution in [-0.4, -0.2) is 35.7 Å². The maximum absolute atomic E-state index is 11.1. The molecule has 0 spiro atoms. The highest BCUT2D eigenvalue weighted by Crippen LogP contribution is 2.24. The van der Waals surface area contributed by atoms with Gasteiger partial charge < -0.3 is 9.84 Å². The van der Waals surface area contributed by atoms with E-state index in [9.17, 15) is 4.79 Å². The van der Waals surface area contributed by atoms with Crippen LogP contribution in [0.15, 0.2) is 60.7 Å². The summed E-state index contributed by atoms with van der Waals surface area (Å²) in [6, 6.07) is 20.8. The van der Waals surface area contributed by atoms with Gasteiger partial charge in [-0.1, -0.05) is 41.9 Å². The Morgan fingerprint density at radius 3 is 2.34 bits per heavy atom. The number of halogens is 2. The largest absolute Gasteiger partial charge is 0.494 e. The van der Waals surface area contributed by atoms with Crippen LogP contribution in [-0.2, 0) is 17.8 Å². The van der Waals surface area contributed by atoms with E-state index >= 15 is 0 Å². The molecule has 0 aliphatic carbocycles. The quantitative estimate of drug-likeness (QED) is 0.394. The standard InChI is InChI=1S/C26H28ClNO3.ClH/c27-24-8-4-19(5-9-24)2-1-15-31-25-10-7-22-16-20(3-6-23(22)17-25)18-28-13-11-21(12-14-28)26(29)30;/h3-10,16-17,21H,1-2,11-15,18H2,(H,29,30);1H. The summed E-state index contributed by atoms with van der Waals surface area (Å²) in [4.78, 5) is 13.5. The number of hydrogen-bond acceptors (Lipinski definition) is 3. The predicted octanol–water partition coefficient (Wildman–Crippen LogP) is 6.22. The van der Waals surface area contributed by atoms with Gasteiger partial charge in [-0.05, 0) is 91.0 Å². The first-order chi connectivity index (χ1) is 15.1. The zero-order chi connectivity index (χ0) is 21.6. The van der Waals surface area contributed by atoms with Crippen molar-refractivity contribution in [3.8, 4) is 5.75 Å². The highest BCUT2D eigenvalue weighted by Gasteiger charge is 2.24. The Kier molecular flexibility index (Phi) is 8.80. The van der Waals surface area contributed by atoms with Crippen LogP contribution in [0, 0.1) is 5.92 Å². The first kappa shape index (κ1) is 24.4. The fourth-order valence-corrected chi connectivity index (χ4v) is 4.30. The molecule has 3 aromatic rings. The van der Waals surface area contributed by atoms with Gasteiger partial charge in [-0.15, -0.1) is 12.4 Å². The van der Waals surface area contributed by atoms with Crippen LogP contribution in [0.1, 0.15) is 30.4 Å². The monoisotopic (exact) mass is 473 g/mol. The third-order valence-corrected chi connectivity index (χ3v) is 6.26. The number of hydrogen-bond donors (Lipinski definition) is 1. The molecule has 1 aliphatic rings.